The topological polar surface area (TPSA) is 44.9 Å². The van der Waals surface area contributed by atoms with Crippen molar-refractivity contribution in [3.8, 4) is 0 Å². The molecule has 0 radical (unpaired) electrons. The van der Waals surface area contributed by atoms with Gasteiger partial charge in [-0.2, -0.15) is 0 Å². The summed E-state index contributed by atoms with van der Waals surface area (Å²) in [5.74, 6) is 0.678. The third kappa shape index (κ3) is 3.07. The SMILES string of the molecule is CCc1ccccc1C1CN=C(N)N1CCN(C)C. The van der Waals surface area contributed by atoms with Crippen LogP contribution >= 0.6 is 0 Å². The first kappa shape index (κ1) is 13.9. The number of nitrogens with two attached hydrogens (primary N) is 1. The Balaban J connectivity index is 2.19. The molecule has 0 saturated carbocycles. The molecule has 104 valence electrons. The summed E-state index contributed by atoms with van der Waals surface area (Å²) in [6, 6.07) is 8.92. The van der Waals surface area contributed by atoms with E-state index in [0.29, 0.717) is 12.0 Å². The molecule has 1 aliphatic heterocycles. The Kier molecular flexibility index (Phi) is 4.43. The summed E-state index contributed by atoms with van der Waals surface area (Å²) in [5.41, 5.74) is 8.81. The third-order valence-corrected chi connectivity index (χ3v) is 3.68. The Bertz CT molecular complexity index is 453. The van der Waals surface area contributed by atoms with Crippen LogP contribution in [0.4, 0.5) is 0 Å². The van der Waals surface area contributed by atoms with Crippen molar-refractivity contribution in [3.05, 3.63) is 35.4 Å². The van der Waals surface area contributed by atoms with Crippen molar-refractivity contribution in [2.24, 2.45) is 10.7 Å². The second-order valence-corrected chi connectivity index (χ2v) is 5.26. The van der Waals surface area contributed by atoms with Gasteiger partial charge in [-0.1, -0.05) is 31.2 Å². The molecule has 1 unspecified atom stereocenters. The molecule has 19 heavy (non-hydrogen) atoms. The summed E-state index contributed by atoms with van der Waals surface area (Å²) < 4.78 is 0. The quantitative estimate of drug-likeness (QED) is 0.872. The average molecular weight is 260 g/mol. The van der Waals surface area contributed by atoms with E-state index < -0.39 is 0 Å². The van der Waals surface area contributed by atoms with Gasteiger partial charge in [0, 0.05) is 13.1 Å². The Morgan fingerprint density at radius 3 is 2.79 bits per heavy atom. The zero-order valence-electron chi connectivity index (χ0n) is 12.1. The monoisotopic (exact) mass is 260 g/mol. The molecule has 0 saturated heterocycles. The number of hydrogen-bond donors (Lipinski definition) is 1. The molecule has 1 aromatic carbocycles. The van der Waals surface area contributed by atoms with Gasteiger partial charge in [-0.05, 0) is 31.6 Å². The fourth-order valence-electron chi connectivity index (χ4n) is 2.55. The second kappa shape index (κ2) is 6.06. The minimum Gasteiger partial charge on any atom is -0.370 e. The van der Waals surface area contributed by atoms with E-state index in [1.165, 1.54) is 11.1 Å². The maximum atomic E-state index is 6.04. The molecule has 0 aromatic heterocycles. The standard InChI is InChI=1S/C15H24N4/c1-4-12-7-5-6-8-13(12)14-11-17-15(16)19(14)10-9-18(2)3/h5-8,14H,4,9-11H2,1-3H3,(H2,16,17). The van der Waals surface area contributed by atoms with Crippen LogP contribution in [0.5, 0.6) is 0 Å². The normalized spacial score (nSPS) is 19.1. The van der Waals surface area contributed by atoms with Crippen molar-refractivity contribution in [1.82, 2.24) is 9.80 Å². The summed E-state index contributed by atoms with van der Waals surface area (Å²) in [7, 11) is 4.16. The number of aryl methyl sites for hydroxylation is 1. The highest BCUT2D eigenvalue weighted by Gasteiger charge is 2.28. The van der Waals surface area contributed by atoms with E-state index in [9.17, 15) is 0 Å². The van der Waals surface area contributed by atoms with Gasteiger partial charge in [0.2, 0.25) is 0 Å². The lowest BCUT2D eigenvalue weighted by molar-refractivity contribution is 0.292. The van der Waals surface area contributed by atoms with Crippen molar-refractivity contribution in [2.45, 2.75) is 19.4 Å². The van der Waals surface area contributed by atoms with Gasteiger partial charge in [0.15, 0.2) is 5.96 Å². The van der Waals surface area contributed by atoms with Gasteiger partial charge in [0.05, 0.1) is 12.6 Å². The van der Waals surface area contributed by atoms with Gasteiger partial charge in [-0.15, -0.1) is 0 Å². The van der Waals surface area contributed by atoms with Crippen molar-refractivity contribution in [1.29, 1.82) is 0 Å². The molecule has 4 nitrogen and oxygen atoms in total. The zero-order chi connectivity index (χ0) is 13.8. The lowest BCUT2D eigenvalue weighted by atomic mass is 9.98. The van der Waals surface area contributed by atoms with Crippen LogP contribution in [-0.4, -0.2) is 49.5 Å². The molecule has 0 bridgehead atoms. The molecular weight excluding hydrogens is 236 g/mol. The molecule has 1 aromatic rings. The van der Waals surface area contributed by atoms with Crippen molar-refractivity contribution < 1.29 is 0 Å². The van der Waals surface area contributed by atoms with Crippen LogP contribution in [0.3, 0.4) is 0 Å². The molecule has 2 rings (SSSR count). The zero-order valence-corrected chi connectivity index (χ0v) is 12.1. The molecule has 4 heteroatoms. The third-order valence-electron chi connectivity index (χ3n) is 3.68. The fraction of sp³-hybridized carbons (Fsp3) is 0.533. The lowest BCUT2D eigenvalue weighted by Gasteiger charge is -2.29. The average Bonchev–Trinajstić information content (AvgIpc) is 2.77. The number of nitrogens with zero attached hydrogens (tertiary/aromatic N) is 3. The summed E-state index contributed by atoms with van der Waals surface area (Å²) >= 11 is 0. The van der Waals surface area contributed by atoms with Gasteiger partial charge in [0.25, 0.3) is 0 Å². The van der Waals surface area contributed by atoms with E-state index in [1.807, 2.05) is 0 Å². The number of aliphatic imine (C=N–C) groups is 1. The maximum Gasteiger partial charge on any atom is 0.191 e. The van der Waals surface area contributed by atoms with Crippen LogP contribution < -0.4 is 5.73 Å². The van der Waals surface area contributed by atoms with Gasteiger partial charge < -0.3 is 15.5 Å². The summed E-state index contributed by atoms with van der Waals surface area (Å²) in [6.45, 7) is 4.88. The summed E-state index contributed by atoms with van der Waals surface area (Å²) in [5, 5.41) is 0. The maximum absolute atomic E-state index is 6.04. The van der Waals surface area contributed by atoms with E-state index >= 15 is 0 Å². The molecule has 0 spiro atoms. The highest BCUT2D eigenvalue weighted by molar-refractivity contribution is 5.80. The minimum atomic E-state index is 0.302. The van der Waals surface area contributed by atoms with E-state index in [4.69, 9.17) is 5.73 Å². The van der Waals surface area contributed by atoms with Gasteiger partial charge in [-0.25, -0.2) is 0 Å². The predicted octanol–water partition coefficient (Wildman–Crippen LogP) is 1.48. The van der Waals surface area contributed by atoms with Crippen LogP contribution in [0.2, 0.25) is 0 Å². The molecule has 0 aliphatic carbocycles. The largest absolute Gasteiger partial charge is 0.370 e. The first-order chi connectivity index (χ1) is 9.13. The Morgan fingerprint density at radius 1 is 1.37 bits per heavy atom. The fourth-order valence-corrected chi connectivity index (χ4v) is 2.55. The first-order valence-electron chi connectivity index (χ1n) is 6.92. The molecule has 1 atom stereocenters. The molecule has 2 N–H and O–H groups in total. The van der Waals surface area contributed by atoms with E-state index in [-0.39, 0.29) is 0 Å². The molecular formula is C15H24N4. The number of rotatable bonds is 5. The van der Waals surface area contributed by atoms with E-state index in [0.717, 1.165) is 26.1 Å². The van der Waals surface area contributed by atoms with Crippen molar-refractivity contribution >= 4 is 5.96 Å². The molecule has 1 heterocycles. The number of likely N-dealkylation sites (N-methyl/N-ethyl adjacent to an activating group) is 1. The minimum absolute atomic E-state index is 0.302. The second-order valence-electron chi connectivity index (χ2n) is 5.26. The summed E-state index contributed by atoms with van der Waals surface area (Å²) in [4.78, 5) is 8.84. The van der Waals surface area contributed by atoms with Crippen LogP contribution in [0.1, 0.15) is 24.1 Å². The van der Waals surface area contributed by atoms with E-state index in [1.54, 1.807) is 0 Å². The Hall–Kier alpha value is -1.55. The number of guanidine groups is 1. The number of hydrogen-bond acceptors (Lipinski definition) is 4. The van der Waals surface area contributed by atoms with Crippen LogP contribution in [-0.2, 0) is 6.42 Å². The van der Waals surface area contributed by atoms with Crippen LogP contribution in [0.25, 0.3) is 0 Å². The smallest absolute Gasteiger partial charge is 0.191 e. The lowest BCUT2D eigenvalue weighted by Crippen LogP contribution is -2.40. The van der Waals surface area contributed by atoms with Crippen LogP contribution in [0, 0.1) is 0 Å². The summed E-state index contributed by atoms with van der Waals surface area (Å²) in [6.07, 6.45) is 1.05. The molecule has 1 aliphatic rings. The van der Waals surface area contributed by atoms with Gasteiger partial charge in [-0.3, -0.25) is 4.99 Å². The Labute approximate surface area is 115 Å². The van der Waals surface area contributed by atoms with Gasteiger partial charge >= 0.3 is 0 Å². The highest BCUT2D eigenvalue weighted by Crippen LogP contribution is 2.28. The predicted molar refractivity (Wildman–Crippen MR) is 80.3 cm³/mol. The Morgan fingerprint density at radius 2 is 2.11 bits per heavy atom. The number of benzene rings is 1. The molecule has 0 amide bonds. The van der Waals surface area contributed by atoms with E-state index in [2.05, 4.69) is 60.1 Å². The van der Waals surface area contributed by atoms with Crippen LogP contribution in [0.15, 0.2) is 29.3 Å². The van der Waals surface area contributed by atoms with Gasteiger partial charge in [0.1, 0.15) is 0 Å². The first-order valence-corrected chi connectivity index (χ1v) is 6.92. The molecule has 0 fully saturated rings. The highest BCUT2D eigenvalue weighted by atomic mass is 15.3. The van der Waals surface area contributed by atoms with Crippen molar-refractivity contribution in [2.75, 3.05) is 33.7 Å². The van der Waals surface area contributed by atoms with Crippen molar-refractivity contribution in [3.63, 3.8) is 0 Å².